The first kappa shape index (κ1) is 23.2. The van der Waals surface area contributed by atoms with Crippen molar-refractivity contribution in [3.05, 3.63) is 60.5 Å². The molecule has 158 valence electrons. The highest BCUT2D eigenvalue weighted by molar-refractivity contribution is 14.1. The number of carbonyl (C=O) groups is 1. The van der Waals surface area contributed by atoms with Gasteiger partial charge in [0.15, 0.2) is 6.61 Å². The van der Waals surface area contributed by atoms with E-state index in [1.165, 1.54) is 12.1 Å². The minimum atomic E-state index is -0.234. The van der Waals surface area contributed by atoms with Crippen molar-refractivity contribution in [1.29, 1.82) is 5.26 Å². The predicted molar refractivity (Wildman–Crippen MR) is 130 cm³/mol. The molecule has 30 heavy (non-hydrogen) atoms. The Balaban J connectivity index is 1.60. The van der Waals surface area contributed by atoms with Gasteiger partial charge in [-0.2, -0.15) is 5.26 Å². The SMILES string of the molecule is C[C@@H]1CN(Cc2ccc(F)cc2)[C@@H](C)CN1C(=O)COc1c(I)cc(C#N)cc1I. The summed E-state index contributed by atoms with van der Waals surface area (Å²) in [7, 11) is 0. The van der Waals surface area contributed by atoms with Gasteiger partial charge in [-0.1, -0.05) is 12.1 Å². The zero-order chi connectivity index (χ0) is 21.8. The Morgan fingerprint density at radius 3 is 2.40 bits per heavy atom. The third-order valence-corrected chi connectivity index (χ3v) is 6.80. The summed E-state index contributed by atoms with van der Waals surface area (Å²) >= 11 is 4.25. The van der Waals surface area contributed by atoms with Crippen molar-refractivity contribution in [2.75, 3.05) is 19.7 Å². The van der Waals surface area contributed by atoms with Gasteiger partial charge in [-0.3, -0.25) is 9.69 Å². The van der Waals surface area contributed by atoms with Crippen LogP contribution >= 0.6 is 45.2 Å². The molecule has 1 fully saturated rings. The largest absolute Gasteiger partial charge is 0.482 e. The van der Waals surface area contributed by atoms with E-state index in [1.54, 1.807) is 24.3 Å². The minimum Gasteiger partial charge on any atom is -0.482 e. The summed E-state index contributed by atoms with van der Waals surface area (Å²) in [6.45, 7) is 6.20. The third kappa shape index (κ3) is 5.62. The van der Waals surface area contributed by atoms with Crippen LogP contribution in [0.5, 0.6) is 5.75 Å². The van der Waals surface area contributed by atoms with Crippen LogP contribution in [-0.2, 0) is 11.3 Å². The fourth-order valence-electron chi connectivity index (χ4n) is 3.57. The Bertz CT molecular complexity index is 939. The molecular weight excluding hydrogens is 611 g/mol. The van der Waals surface area contributed by atoms with Crippen molar-refractivity contribution in [2.24, 2.45) is 0 Å². The smallest absolute Gasteiger partial charge is 0.260 e. The van der Waals surface area contributed by atoms with E-state index < -0.39 is 0 Å². The van der Waals surface area contributed by atoms with E-state index in [4.69, 9.17) is 10.00 Å². The number of benzene rings is 2. The van der Waals surface area contributed by atoms with Gasteiger partial charge in [0.1, 0.15) is 11.6 Å². The first-order chi connectivity index (χ1) is 14.3. The molecule has 0 bridgehead atoms. The number of halogens is 3. The quantitative estimate of drug-likeness (QED) is 0.459. The molecule has 1 aliphatic rings. The Labute approximate surface area is 203 Å². The lowest BCUT2D eigenvalue weighted by molar-refractivity contribution is -0.139. The molecule has 0 unspecified atom stereocenters. The van der Waals surface area contributed by atoms with E-state index in [2.05, 4.69) is 63.1 Å². The molecule has 0 aromatic heterocycles. The van der Waals surface area contributed by atoms with E-state index in [1.807, 2.05) is 11.8 Å². The van der Waals surface area contributed by atoms with Crippen LogP contribution in [0, 0.1) is 24.3 Å². The van der Waals surface area contributed by atoms with Gasteiger partial charge in [0.25, 0.3) is 5.91 Å². The predicted octanol–water partition coefficient (Wildman–Crippen LogP) is 4.41. The molecular formula is C22H22FI2N3O2. The van der Waals surface area contributed by atoms with Gasteiger partial charge in [-0.25, -0.2) is 4.39 Å². The van der Waals surface area contributed by atoms with Crippen LogP contribution in [0.2, 0.25) is 0 Å². The third-order valence-electron chi connectivity index (χ3n) is 5.20. The normalized spacial score (nSPS) is 19.4. The van der Waals surface area contributed by atoms with E-state index in [0.29, 0.717) is 17.9 Å². The number of nitrogens with zero attached hydrogens (tertiary/aromatic N) is 3. The number of amides is 1. The highest BCUT2D eigenvalue weighted by atomic mass is 127. The van der Waals surface area contributed by atoms with E-state index in [9.17, 15) is 9.18 Å². The lowest BCUT2D eigenvalue weighted by Gasteiger charge is -2.44. The number of nitriles is 1. The molecule has 0 aliphatic carbocycles. The second-order valence-electron chi connectivity index (χ2n) is 7.47. The number of carbonyl (C=O) groups excluding carboxylic acids is 1. The molecule has 0 spiro atoms. The summed E-state index contributed by atoms with van der Waals surface area (Å²) in [6, 6.07) is 12.4. The standard InChI is InChI=1S/C22H22FI2N3O2/c1-14-11-28(15(2)10-27(14)12-16-3-5-18(23)6-4-16)21(29)13-30-22-19(24)7-17(9-26)8-20(22)25/h3-8,14-15H,10-13H2,1-2H3/t14-,15+/m0/s1. The number of piperazine rings is 1. The van der Waals surface area contributed by atoms with Crippen LogP contribution in [0.15, 0.2) is 36.4 Å². The molecule has 8 heteroatoms. The summed E-state index contributed by atoms with van der Waals surface area (Å²) in [6.07, 6.45) is 0. The highest BCUT2D eigenvalue weighted by Gasteiger charge is 2.32. The zero-order valence-corrected chi connectivity index (χ0v) is 21.1. The summed E-state index contributed by atoms with van der Waals surface area (Å²) in [5.74, 6) is 0.355. The first-order valence-corrected chi connectivity index (χ1v) is 11.7. The average Bonchev–Trinajstić information content (AvgIpc) is 2.71. The maximum atomic E-state index is 13.1. The molecule has 2 atom stereocenters. The van der Waals surface area contributed by atoms with Crippen LogP contribution in [0.4, 0.5) is 4.39 Å². The molecule has 1 saturated heterocycles. The monoisotopic (exact) mass is 633 g/mol. The highest BCUT2D eigenvalue weighted by Crippen LogP contribution is 2.29. The van der Waals surface area contributed by atoms with Crippen molar-refractivity contribution in [3.8, 4) is 11.8 Å². The van der Waals surface area contributed by atoms with Gasteiger partial charge in [0, 0.05) is 31.7 Å². The number of hydrogen-bond donors (Lipinski definition) is 0. The molecule has 0 N–H and O–H groups in total. The molecule has 1 amide bonds. The summed E-state index contributed by atoms with van der Waals surface area (Å²) in [4.78, 5) is 17.0. The van der Waals surface area contributed by atoms with Crippen LogP contribution in [0.3, 0.4) is 0 Å². The summed E-state index contributed by atoms with van der Waals surface area (Å²) in [5.41, 5.74) is 1.63. The number of ether oxygens (including phenoxy) is 1. The summed E-state index contributed by atoms with van der Waals surface area (Å²) in [5, 5.41) is 9.07. The number of hydrogen-bond acceptors (Lipinski definition) is 4. The van der Waals surface area contributed by atoms with Crippen molar-refractivity contribution in [3.63, 3.8) is 0 Å². The van der Waals surface area contributed by atoms with Gasteiger partial charge >= 0.3 is 0 Å². The molecule has 0 saturated carbocycles. The van der Waals surface area contributed by atoms with E-state index in [0.717, 1.165) is 25.8 Å². The van der Waals surface area contributed by atoms with Gasteiger partial charge in [-0.15, -0.1) is 0 Å². The average molecular weight is 633 g/mol. The van der Waals surface area contributed by atoms with Crippen molar-refractivity contribution < 1.29 is 13.9 Å². The Morgan fingerprint density at radius 1 is 1.17 bits per heavy atom. The van der Waals surface area contributed by atoms with E-state index >= 15 is 0 Å². The Morgan fingerprint density at radius 2 is 1.80 bits per heavy atom. The topological polar surface area (TPSA) is 56.6 Å². The lowest BCUT2D eigenvalue weighted by atomic mass is 10.1. The Hall–Kier alpha value is -1.45. The first-order valence-electron chi connectivity index (χ1n) is 9.58. The van der Waals surface area contributed by atoms with Gasteiger partial charge < -0.3 is 9.64 Å². The molecule has 1 heterocycles. The van der Waals surface area contributed by atoms with Gasteiger partial charge in [0.05, 0.1) is 18.8 Å². The van der Waals surface area contributed by atoms with Crippen LogP contribution in [0.1, 0.15) is 25.0 Å². The van der Waals surface area contributed by atoms with Gasteiger partial charge in [-0.05, 0) is 88.9 Å². The lowest BCUT2D eigenvalue weighted by Crippen LogP contribution is -2.58. The van der Waals surface area contributed by atoms with Crippen molar-refractivity contribution in [2.45, 2.75) is 32.5 Å². The second kappa shape index (κ2) is 10.2. The minimum absolute atomic E-state index is 0.0348. The molecule has 2 aromatic rings. The molecule has 0 radical (unpaired) electrons. The number of rotatable bonds is 5. The van der Waals surface area contributed by atoms with Crippen LogP contribution in [0.25, 0.3) is 0 Å². The fourth-order valence-corrected chi connectivity index (χ4v) is 5.65. The summed E-state index contributed by atoms with van der Waals surface area (Å²) < 4.78 is 20.6. The van der Waals surface area contributed by atoms with Crippen LogP contribution < -0.4 is 4.74 Å². The fraction of sp³-hybridized carbons (Fsp3) is 0.364. The zero-order valence-electron chi connectivity index (χ0n) is 16.7. The maximum Gasteiger partial charge on any atom is 0.260 e. The Kier molecular flexibility index (Phi) is 7.92. The molecule has 1 aliphatic heterocycles. The van der Waals surface area contributed by atoms with Gasteiger partial charge in [0.2, 0.25) is 0 Å². The van der Waals surface area contributed by atoms with Crippen molar-refractivity contribution in [1.82, 2.24) is 9.80 Å². The second-order valence-corrected chi connectivity index (χ2v) is 9.79. The van der Waals surface area contributed by atoms with Crippen LogP contribution in [-0.4, -0.2) is 47.5 Å². The van der Waals surface area contributed by atoms with Crippen molar-refractivity contribution >= 4 is 51.1 Å². The molecule has 3 rings (SSSR count). The molecule has 2 aromatic carbocycles. The molecule has 5 nitrogen and oxygen atoms in total. The maximum absolute atomic E-state index is 13.1. The van der Waals surface area contributed by atoms with E-state index in [-0.39, 0.29) is 30.4 Å².